The lowest BCUT2D eigenvalue weighted by molar-refractivity contribution is 0.216. The summed E-state index contributed by atoms with van der Waals surface area (Å²) in [5.41, 5.74) is 1.66. The summed E-state index contributed by atoms with van der Waals surface area (Å²) in [6.45, 7) is 11.0. The Balaban J connectivity index is 1.95. The topological polar surface area (TPSA) is 29.9 Å². The van der Waals surface area contributed by atoms with Crippen molar-refractivity contribution in [3.8, 4) is 0 Å². The van der Waals surface area contributed by atoms with Crippen molar-refractivity contribution in [3.05, 3.63) is 18.0 Å². The first-order valence-corrected chi connectivity index (χ1v) is 6.78. The molecule has 1 fully saturated rings. The normalized spacial score (nSPS) is 24.7. The zero-order valence-electron chi connectivity index (χ0n) is 11.5. The molecule has 0 aromatic carbocycles. The predicted octanol–water partition coefficient (Wildman–Crippen LogP) is 2.78. The Labute approximate surface area is 105 Å². The molecule has 17 heavy (non-hydrogen) atoms. The highest BCUT2D eigenvalue weighted by Crippen LogP contribution is 2.42. The van der Waals surface area contributed by atoms with Gasteiger partial charge in [-0.05, 0) is 59.1 Å². The molecule has 96 valence electrons. The van der Waals surface area contributed by atoms with Crippen molar-refractivity contribution in [3.63, 3.8) is 0 Å². The number of hydrogen-bond donors (Lipinski definition) is 1. The van der Waals surface area contributed by atoms with E-state index in [-0.39, 0.29) is 5.54 Å². The van der Waals surface area contributed by atoms with Crippen LogP contribution in [0.25, 0.3) is 0 Å². The van der Waals surface area contributed by atoms with Crippen molar-refractivity contribution >= 4 is 0 Å². The van der Waals surface area contributed by atoms with Gasteiger partial charge in [-0.1, -0.05) is 0 Å². The average Bonchev–Trinajstić information content (AvgIpc) is 2.62. The van der Waals surface area contributed by atoms with Gasteiger partial charge in [0.15, 0.2) is 0 Å². The first-order valence-electron chi connectivity index (χ1n) is 6.78. The first kappa shape index (κ1) is 12.6. The van der Waals surface area contributed by atoms with Crippen LogP contribution in [0.3, 0.4) is 0 Å². The maximum absolute atomic E-state index is 4.38. The highest BCUT2D eigenvalue weighted by molar-refractivity contribution is 5.13. The molecule has 0 aliphatic heterocycles. The van der Waals surface area contributed by atoms with Crippen molar-refractivity contribution in [1.82, 2.24) is 15.1 Å². The highest BCUT2D eigenvalue weighted by atomic mass is 15.3. The fourth-order valence-electron chi connectivity index (χ4n) is 2.56. The molecule has 0 radical (unpaired) electrons. The first-order chi connectivity index (χ1) is 8.01. The van der Waals surface area contributed by atoms with Crippen molar-refractivity contribution in [2.45, 2.75) is 58.5 Å². The van der Waals surface area contributed by atoms with Gasteiger partial charge >= 0.3 is 0 Å². The van der Waals surface area contributed by atoms with Gasteiger partial charge in [0.25, 0.3) is 0 Å². The second kappa shape index (κ2) is 4.81. The van der Waals surface area contributed by atoms with Crippen LogP contribution in [0.1, 0.15) is 52.1 Å². The fraction of sp³-hybridized carbons (Fsp3) is 0.786. The fourth-order valence-corrected chi connectivity index (χ4v) is 2.56. The Kier molecular flexibility index (Phi) is 3.57. The quantitative estimate of drug-likeness (QED) is 0.869. The van der Waals surface area contributed by atoms with E-state index < -0.39 is 0 Å². The largest absolute Gasteiger partial charge is 0.312 e. The number of nitrogens with one attached hydrogen (secondary N) is 1. The second-order valence-electron chi connectivity index (χ2n) is 6.15. The van der Waals surface area contributed by atoms with E-state index in [1.807, 2.05) is 6.20 Å². The number of hydrogen-bond acceptors (Lipinski definition) is 2. The molecule has 1 aliphatic rings. The summed E-state index contributed by atoms with van der Waals surface area (Å²) < 4.78 is 2.15. The average molecular weight is 235 g/mol. The molecule has 1 aromatic rings. The third-order valence-electron chi connectivity index (χ3n) is 3.74. The second-order valence-corrected chi connectivity index (χ2v) is 6.15. The van der Waals surface area contributed by atoms with Gasteiger partial charge in [-0.3, -0.25) is 4.68 Å². The Hall–Kier alpha value is -0.830. The van der Waals surface area contributed by atoms with Crippen molar-refractivity contribution in [2.24, 2.45) is 5.92 Å². The van der Waals surface area contributed by atoms with E-state index in [0.29, 0.717) is 5.92 Å². The molecule has 0 amide bonds. The minimum Gasteiger partial charge on any atom is -0.312 e. The number of aromatic nitrogens is 2. The van der Waals surface area contributed by atoms with Crippen LogP contribution in [-0.4, -0.2) is 21.9 Å². The molecule has 1 aromatic heterocycles. The number of nitrogens with zero attached hydrogens (tertiary/aromatic N) is 2. The van der Waals surface area contributed by atoms with Gasteiger partial charge in [0.1, 0.15) is 0 Å². The highest BCUT2D eigenvalue weighted by Gasteiger charge is 2.34. The summed E-state index contributed by atoms with van der Waals surface area (Å²) >= 11 is 0. The predicted molar refractivity (Wildman–Crippen MR) is 71.1 cm³/mol. The van der Waals surface area contributed by atoms with Crippen LogP contribution in [0.15, 0.2) is 12.3 Å². The van der Waals surface area contributed by atoms with E-state index >= 15 is 0 Å². The van der Waals surface area contributed by atoms with E-state index in [0.717, 1.165) is 19.0 Å². The molecule has 1 N–H and O–H groups in total. The molecule has 2 unspecified atom stereocenters. The van der Waals surface area contributed by atoms with Crippen molar-refractivity contribution in [1.29, 1.82) is 0 Å². The number of rotatable bonds is 4. The van der Waals surface area contributed by atoms with Gasteiger partial charge in [-0.15, -0.1) is 0 Å². The minimum atomic E-state index is 0.227. The molecule has 3 nitrogen and oxygen atoms in total. The monoisotopic (exact) mass is 235 g/mol. The Bertz CT molecular complexity index is 362. The summed E-state index contributed by atoms with van der Waals surface area (Å²) in [7, 11) is 0. The maximum atomic E-state index is 4.38. The number of aryl methyl sites for hydroxylation is 1. The van der Waals surface area contributed by atoms with Gasteiger partial charge in [-0.25, -0.2) is 0 Å². The minimum absolute atomic E-state index is 0.227. The van der Waals surface area contributed by atoms with Crippen LogP contribution in [-0.2, 0) is 6.54 Å². The Morgan fingerprint density at radius 1 is 1.41 bits per heavy atom. The van der Waals surface area contributed by atoms with E-state index in [2.05, 4.69) is 48.9 Å². The molecule has 3 heteroatoms. The molecule has 1 heterocycles. The standard InChI is InChI=1S/C14H25N3/c1-5-17-13(8-9-16-17)12-7-6-11(12)10-15-14(2,3)4/h8-9,11-12,15H,5-7,10H2,1-4H3. The maximum Gasteiger partial charge on any atom is 0.0492 e. The van der Waals surface area contributed by atoms with Gasteiger partial charge in [0, 0.05) is 29.9 Å². The lowest BCUT2D eigenvalue weighted by atomic mass is 9.71. The SMILES string of the molecule is CCn1nccc1C1CCC1CNC(C)(C)C. The van der Waals surface area contributed by atoms with E-state index in [9.17, 15) is 0 Å². The third kappa shape index (κ3) is 2.89. The molecule has 0 saturated heterocycles. The van der Waals surface area contributed by atoms with Gasteiger partial charge < -0.3 is 5.32 Å². The third-order valence-corrected chi connectivity index (χ3v) is 3.74. The molecular weight excluding hydrogens is 210 g/mol. The van der Waals surface area contributed by atoms with E-state index in [4.69, 9.17) is 0 Å². The van der Waals surface area contributed by atoms with E-state index in [1.54, 1.807) is 0 Å². The summed E-state index contributed by atoms with van der Waals surface area (Å²) in [6.07, 6.45) is 4.61. The molecule has 0 bridgehead atoms. The lowest BCUT2D eigenvalue weighted by Gasteiger charge is -2.38. The molecule has 2 rings (SSSR count). The van der Waals surface area contributed by atoms with Crippen LogP contribution in [0.5, 0.6) is 0 Å². The summed E-state index contributed by atoms with van der Waals surface area (Å²) in [5, 5.41) is 8.00. The van der Waals surface area contributed by atoms with Crippen LogP contribution in [0, 0.1) is 5.92 Å². The van der Waals surface area contributed by atoms with Crippen LogP contribution in [0.2, 0.25) is 0 Å². The van der Waals surface area contributed by atoms with Gasteiger partial charge in [-0.2, -0.15) is 5.10 Å². The van der Waals surface area contributed by atoms with Gasteiger partial charge in [0.2, 0.25) is 0 Å². The summed E-state index contributed by atoms with van der Waals surface area (Å²) in [4.78, 5) is 0. The van der Waals surface area contributed by atoms with Crippen molar-refractivity contribution in [2.75, 3.05) is 6.54 Å². The summed E-state index contributed by atoms with van der Waals surface area (Å²) in [5.74, 6) is 1.50. The van der Waals surface area contributed by atoms with Crippen LogP contribution in [0.4, 0.5) is 0 Å². The van der Waals surface area contributed by atoms with Crippen molar-refractivity contribution < 1.29 is 0 Å². The lowest BCUT2D eigenvalue weighted by Crippen LogP contribution is -2.43. The summed E-state index contributed by atoms with van der Waals surface area (Å²) in [6, 6.07) is 2.19. The Morgan fingerprint density at radius 3 is 2.71 bits per heavy atom. The Morgan fingerprint density at radius 2 is 2.18 bits per heavy atom. The molecule has 1 aliphatic carbocycles. The smallest absolute Gasteiger partial charge is 0.0492 e. The zero-order chi connectivity index (χ0) is 12.5. The molecular formula is C14H25N3. The molecule has 0 spiro atoms. The molecule has 1 saturated carbocycles. The van der Waals surface area contributed by atoms with Gasteiger partial charge in [0.05, 0.1) is 0 Å². The van der Waals surface area contributed by atoms with E-state index in [1.165, 1.54) is 18.5 Å². The molecule has 2 atom stereocenters. The van der Waals surface area contributed by atoms with Crippen LogP contribution < -0.4 is 5.32 Å². The van der Waals surface area contributed by atoms with Crippen LogP contribution >= 0.6 is 0 Å². The zero-order valence-corrected chi connectivity index (χ0v) is 11.5.